The molecule has 0 bridgehead atoms. The molecule has 3 N–H and O–H groups in total. The number of carbonyl (C=O) groups excluding carboxylic acids is 2. The molecule has 1 heterocycles. The summed E-state index contributed by atoms with van der Waals surface area (Å²) >= 11 is 5.54. The van der Waals surface area contributed by atoms with E-state index < -0.39 is 0 Å². The molecule has 0 fully saturated rings. The molecule has 4 aromatic rings. The van der Waals surface area contributed by atoms with Crippen LogP contribution in [0.2, 0.25) is 0 Å². The van der Waals surface area contributed by atoms with E-state index in [2.05, 4.69) is 52.6 Å². The molecule has 0 saturated carbocycles. The van der Waals surface area contributed by atoms with E-state index in [9.17, 15) is 14.4 Å². The lowest BCUT2D eigenvalue weighted by Crippen LogP contribution is -2.34. The molecule has 0 aliphatic heterocycles. The summed E-state index contributed by atoms with van der Waals surface area (Å²) in [6.45, 7) is 7.84. The number of carbonyl (C=O) groups is 2. The van der Waals surface area contributed by atoms with Crippen LogP contribution in [0, 0.1) is 4.77 Å². The van der Waals surface area contributed by atoms with E-state index in [1.807, 2.05) is 0 Å². The minimum absolute atomic E-state index is 0.151. The predicted molar refractivity (Wildman–Crippen MR) is 165 cm³/mol. The number of aromatic amines is 1. The van der Waals surface area contributed by atoms with Crippen LogP contribution in [0.4, 0.5) is 5.69 Å². The molecule has 41 heavy (non-hydrogen) atoms. The molecule has 212 valence electrons. The molecule has 0 atom stereocenters. The molecule has 2 amide bonds. The number of hydrogen-bond acceptors (Lipinski definition) is 5. The summed E-state index contributed by atoms with van der Waals surface area (Å²) < 4.78 is 1.88. The van der Waals surface area contributed by atoms with Gasteiger partial charge >= 0.3 is 0 Å². The first-order valence-electron chi connectivity index (χ1n) is 14.2. The van der Waals surface area contributed by atoms with Crippen LogP contribution in [0.1, 0.15) is 57.7 Å². The van der Waals surface area contributed by atoms with E-state index in [1.54, 1.807) is 47.0 Å². The van der Waals surface area contributed by atoms with Crippen molar-refractivity contribution in [1.29, 1.82) is 0 Å². The van der Waals surface area contributed by atoms with Gasteiger partial charge in [-0.2, -0.15) is 0 Å². The average molecular weight is 570 g/mol. The highest BCUT2D eigenvalue weighted by Crippen LogP contribution is 2.23. The van der Waals surface area contributed by atoms with Gasteiger partial charge in [-0.05, 0) is 104 Å². The highest BCUT2D eigenvalue weighted by molar-refractivity contribution is 7.71. The zero-order valence-electron chi connectivity index (χ0n) is 23.5. The number of fused-ring (bicyclic) bond motifs is 2. The smallest absolute Gasteiger partial charge is 0.262 e. The molecule has 0 radical (unpaired) electrons. The zero-order chi connectivity index (χ0) is 28.9. The predicted octanol–water partition coefficient (Wildman–Crippen LogP) is 4.92. The van der Waals surface area contributed by atoms with Gasteiger partial charge in [0.25, 0.3) is 17.4 Å². The molecule has 0 unspecified atom stereocenters. The Labute approximate surface area is 244 Å². The van der Waals surface area contributed by atoms with E-state index in [0.29, 0.717) is 45.6 Å². The van der Waals surface area contributed by atoms with Crippen LogP contribution >= 0.6 is 12.2 Å². The van der Waals surface area contributed by atoms with Gasteiger partial charge in [-0.15, -0.1) is 0 Å². The van der Waals surface area contributed by atoms with Gasteiger partial charge < -0.3 is 20.5 Å². The first-order valence-corrected chi connectivity index (χ1v) is 14.6. The van der Waals surface area contributed by atoms with Crippen LogP contribution in [0.5, 0.6) is 0 Å². The number of rotatable bonds is 10. The minimum atomic E-state index is -0.329. The standard InChI is InChI=1S/C32H35N5O3S/c1-3-36(4-2)17-16-33-29(38)23-10-13-26(14-11-23)34-30(39)25-12-15-27-28(19-25)35-32(41)37(31(27)40)20-21-8-9-22-6-5-7-24(22)18-21/h8-15,18-19H,3-7,16-17,20H2,1-2H3,(H,33,38)(H,34,39)(H,35,41). The Kier molecular flexibility index (Phi) is 8.75. The molecule has 0 saturated heterocycles. The molecule has 8 nitrogen and oxygen atoms in total. The molecule has 9 heteroatoms. The number of H-pyrrole nitrogens is 1. The summed E-state index contributed by atoms with van der Waals surface area (Å²) in [5, 5.41) is 6.25. The Bertz CT molecular complexity index is 1700. The van der Waals surface area contributed by atoms with Crippen molar-refractivity contribution in [3.05, 3.63) is 104 Å². The van der Waals surface area contributed by atoms with Crippen LogP contribution in [-0.4, -0.2) is 52.4 Å². The van der Waals surface area contributed by atoms with Crippen LogP contribution in [-0.2, 0) is 19.4 Å². The van der Waals surface area contributed by atoms with Gasteiger partial charge in [0.15, 0.2) is 4.77 Å². The van der Waals surface area contributed by atoms with E-state index in [1.165, 1.54) is 17.5 Å². The number of nitrogens with one attached hydrogen (secondary N) is 3. The summed E-state index contributed by atoms with van der Waals surface area (Å²) in [7, 11) is 0. The molecule has 1 aliphatic carbocycles. The van der Waals surface area contributed by atoms with Crippen molar-refractivity contribution in [2.24, 2.45) is 0 Å². The fourth-order valence-corrected chi connectivity index (χ4v) is 5.58. The number of benzene rings is 3. The normalized spacial score (nSPS) is 12.5. The number of nitrogens with zero attached hydrogens (tertiary/aromatic N) is 2. The molecule has 1 aliphatic rings. The van der Waals surface area contributed by atoms with Crippen LogP contribution < -0.4 is 16.2 Å². The fraction of sp³-hybridized carbons (Fsp3) is 0.312. The second-order valence-electron chi connectivity index (χ2n) is 10.4. The van der Waals surface area contributed by atoms with Gasteiger partial charge in [-0.3, -0.25) is 19.0 Å². The number of aryl methyl sites for hydroxylation is 2. The third-order valence-electron chi connectivity index (χ3n) is 7.76. The first kappa shape index (κ1) is 28.4. The van der Waals surface area contributed by atoms with Crippen molar-refractivity contribution in [1.82, 2.24) is 19.8 Å². The van der Waals surface area contributed by atoms with Crippen molar-refractivity contribution >= 4 is 40.6 Å². The van der Waals surface area contributed by atoms with Gasteiger partial charge in [0, 0.05) is 29.9 Å². The number of likely N-dealkylation sites (N-methyl/N-ethyl adjacent to an activating group) is 1. The van der Waals surface area contributed by atoms with Gasteiger partial charge in [0.1, 0.15) is 0 Å². The second-order valence-corrected chi connectivity index (χ2v) is 10.7. The maximum Gasteiger partial charge on any atom is 0.262 e. The molecule has 1 aromatic heterocycles. The summed E-state index contributed by atoms with van der Waals surface area (Å²) in [4.78, 5) is 44.1. The quantitative estimate of drug-likeness (QED) is 0.236. The first-order chi connectivity index (χ1) is 19.9. The zero-order valence-corrected chi connectivity index (χ0v) is 24.3. The van der Waals surface area contributed by atoms with E-state index in [-0.39, 0.29) is 17.4 Å². The third kappa shape index (κ3) is 6.47. The molecule has 0 spiro atoms. The van der Waals surface area contributed by atoms with Gasteiger partial charge in [-0.1, -0.05) is 32.0 Å². The highest BCUT2D eigenvalue weighted by atomic mass is 32.1. The van der Waals surface area contributed by atoms with E-state index in [0.717, 1.165) is 38.0 Å². The van der Waals surface area contributed by atoms with Crippen molar-refractivity contribution in [2.45, 2.75) is 39.7 Å². The topological polar surface area (TPSA) is 99.2 Å². The van der Waals surface area contributed by atoms with Gasteiger partial charge in [-0.25, -0.2) is 0 Å². The molecular weight excluding hydrogens is 534 g/mol. The lowest BCUT2D eigenvalue weighted by Gasteiger charge is -2.18. The Morgan fingerprint density at radius 1 is 0.927 bits per heavy atom. The number of amides is 2. The average Bonchev–Trinajstić information content (AvgIpc) is 3.45. The number of anilines is 1. The van der Waals surface area contributed by atoms with Crippen LogP contribution in [0.25, 0.3) is 10.9 Å². The molecular formula is C32H35N5O3S. The van der Waals surface area contributed by atoms with Crippen molar-refractivity contribution in [3.63, 3.8) is 0 Å². The van der Waals surface area contributed by atoms with E-state index in [4.69, 9.17) is 12.2 Å². The molecule has 3 aromatic carbocycles. The summed E-state index contributed by atoms with van der Waals surface area (Å²) in [5.74, 6) is -0.480. The van der Waals surface area contributed by atoms with Crippen molar-refractivity contribution in [2.75, 3.05) is 31.5 Å². The second kappa shape index (κ2) is 12.6. The Morgan fingerprint density at radius 3 is 2.41 bits per heavy atom. The highest BCUT2D eigenvalue weighted by Gasteiger charge is 2.14. The maximum atomic E-state index is 13.3. The summed E-state index contributed by atoms with van der Waals surface area (Å²) in [6, 6.07) is 18.1. The summed E-state index contributed by atoms with van der Waals surface area (Å²) in [5.41, 5.74) is 5.58. The van der Waals surface area contributed by atoms with Crippen molar-refractivity contribution in [3.8, 4) is 0 Å². The van der Waals surface area contributed by atoms with Gasteiger partial charge in [0.2, 0.25) is 0 Å². The largest absolute Gasteiger partial charge is 0.351 e. The number of aromatic nitrogens is 2. The fourth-order valence-electron chi connectivity index (χ4n) is 5.32. The Morgan fingerprint density at radius 2 is 1.66 bits per heavy atom. The Balaban J connectivity index is 1.26. The van der Waals surface area contributed by atoms with Crippen LogP contribution in [0.3, 0.4) is 0 Å². The third-order valence-corrected chi connectivity index (χ3v) is 8.08. The lowest BCUT2D eigenvalue weighted by atomic mass is 10.1. The van der Waals surface area contributed by atoms with E-state index >= 15 is 0 Å². The summed E-state index contributed by atoms with van der Waals surface area (Å²) in [6.07, 6.45) is 3.36. The maximum absolute atomic E-state index is 13.3. The molecule has 5 rings (SSSR count). The van der Waals surface area contributed by atoms with Gasteiger partial charge in [0.05, 0.1) is 17.4 Å². The minimum Gasteiger partial charge on any atom is -0.351 e. The van der Waals surface area contributed by atoms with Crippen molar-refractivity contribution < 1.29 is 9.59 Å². The van der Waals surface area contributed by atoms with Crippen LogP contribution in [0.15, 0.2) is 65.5 Å². The monoisotopic (exact) mass is 569 g/mol. The Hall–Kier alpha value is -4.08. The lowest BCUT2D eigenvalue weighted by molar-refractivity contribution is 0.0948. The number of hydrogen-bond donors (Lipinski definition) is 3. The SMILES string of the molecule is CCN(CC)CCNC(=O)c1ccc(NC(=O)c2ccc3c(=O)n(Cc4ccc5c(c4)CCC5)c(=S)[nH]c3c2)cc1.